The summed E-state index contributed by atoms with van der Waals surface area (Å²) in [6.45, 7) is 1.07. The van der Waals surface area contributed by atoms with Crippen LogP contribution >= 0.6 is 0 Å². The van der Waals surface area contributed by atoms with E-state index in [-0.39, 0.29) is 24.0 Å². The number of fused-ring (bicyclic) bond motifs is 1. The number of para-hydroxylation sites is 2. The van der Waals surface area contributed by atoms with Gasteiger partial charge in [-0.2, -0.15) is 0 Å². The normalized spacial score (nSPS) is 15.1. The molecule has 0 aliphatic carbocycles. The van der Waals surface area contributed by atoms with E-state index in [1.807, 2.05) is 42.6 Å². The number of hydrogen-bond donors (Lipinski definition) is 3. The van der Waals surface area contributed by atoms with Gasteiger partial charge in [-0.1, -0.05) is 42.5 Å². The summed E-state index contributed by atoms with van der Waals surface area (Å²) in [6.07, 6.45) is 3.62. The van der Waals surface area contributed by atoms with Crippen molar-refractivity contribution in [3.8, 4) is 22.6 Å². The molecule has 5 rings (SSSR count). The zero-order valence-corrected chi connectivity index (χ0v) is 21.8. The molecule has 1 fully saturated rings. The highest BCUT2D eigenvalue weighted by Crippen LogP contribution is 2.37. The smallest absolute Gasteiger partial charge is 0.250 e. The van der Waals surface area contributed by atoms with E-state index < -0.39 is 15.9 Å². The number of sulfonamides is 1. The SMILES string of the molecule is NC(=O)c1cc(-c2ccccc2)cc2c(C3CCN(S(=O)(=O)CCCOc4ccccc4O)CC3)c[nH]c12. The number of carbonyl (C=O) groups excluding carboxylic acids is 1. The van der Waals surface area contributed by atoms with E-state index in [1.54, 1.807) is 22.5 Å². The Morgan fingerprint density at radius 3 is 2.45 bits per heavy atom. The Morgan fingerprint density at radius 1 is 1.03 bits per heavy atom. The van der Waals surface area contributed by atoms with Gasteiger partial charge in [0.15, 0.2) is 11.5 Å². The van der Waals surface area contributed by atoms with Crippen molar-refractivity contribution < 1.29 is 23.1 Å². The fraction of sp³-hybridized carbons (Fsp3) is 0.276. The number of aromatic amines is 1. The minimum absolute atomic E-state index is 0.0131. The molecule has 38 heavy (non-hydrogen) atoms. The van der Waals surface area contributed by atoms with Gasteiger partial charge in [0.1, 0.15) is 0 Å². The molecular weight excluding hydrogens is 502 g/mol. The summed E-state index contributed by atoms with van der Waals surface area (Å²) in [4.78, 5) is 15.5. The van der Waals surface area contributed by atoms with Crippen LogP contribution in [0.4, 0.5) is 0 Å². The van der Waals surface area contributed by atoms with Gasteiger partial charge in [0, 0.05) is 24.7 Å². The lowest BCUT2D eigenvalue weighted by atomic mass is 9.88. The summed E-state index contributed by atoms with van der Waals surface area (Å²) in [5, 5.41) is 10.7. The zero-order chi connectivity index (χ0) is 26.7. The molecule has 8 nitrogen and oxygen atoms in total. The van der Waals surface area contributed by atoms with E-state index in [4.69, 9.17) is 10.5 Å². The van der Waals surface area contributed by atoms with E-state index in [9.17, 15) is 18.3 Å². The number of nitrogens with one attached hydrogen (secondary N) is 1. The number of H-pyrrole nitrogens is 1. The Bertz CT molecular complexity index is 1540. The summed E-state index contributed by atoms with van der Waals surface area (Å²) in [7, 11) is -3.42. The molecule has 0 spiro atoms. The number of amides is 1. The number of nitrogens with zero attached hydrogens (tertiary/aromatic N) is 1. The highest BCUT2D eigenvalue weighted by molar-refractivity contribution is 7.89. The monoisotopic (exact) mass is 533 g/mol. The molecule has 1 aliphatic rings. The van der Waals surface area contributed by atoms with Gasteiger partial charge < -0.3 is 20.6 Å². The van der Waals surface area contributed by atoms with Crippen LogP contribution in [-0.2, 0) is 10.0 Å². The first kappa shape index (κ1) is 25.8. The van der Waals surface area contributed by atoms with E-state index >= 15 is 0 Å². The number of primary amides is 1. The van der Waals surface area contributed by atoms with Gasteiger partial charge in [0.2, 0.25) is 10.0 Å². The molecule has 0 unspecified atom stereocenters. The van der Waals surface area contributed by atoms with Crippen molar-refractivity contribution in [2.45, 2.75) is 25.2 Å². The Hall–Kier alpha value is -3.82. The van der Waals surface area contributed by atoms with Gasteiger partial charge >= 0.3 is 0 Å². The molecule has 0 saturated carbocycles. The van der Waals surface area contributed by atoms with Gasteiger partial charge in [-0.05, 0) is 66.1 Å². The highest BCUT2D eigenvalue weighted by Gasteiger charge is 2.30. The minimum atomic E-state index is -3.42. The number of carbonyl (C=O) groups is 1. The number of phenolic OH excluding ortho intramolecular Hbond substituents is 1. The molecule has 1 aliphatic heterocycles. The molecule has 3 aromatic carbocycles. The maximum Gasteiger partial charge on any atom is 0.250 e. The lowest BCUT2D eigenvalue weighted by Crippen LogP contribution is -2.39. The number of phenols is 1. The number of aromatic hydroxyl groups is 1. The average Bonchev–Trinajstić information content (AvgIpc) is 3.36. The van der Waals surface area contributed by atoms with Crippen molar-refractivity contribution in [3.05, 3.63) is 84.1 Å². The Labute approximate surface area is 222 Å². The van der Waals surface area contributed by atoms with Crippen LogP contribution in [0.2, 0.25) is 0 Å². The number of ether oxygens (including phenoxy) is 1. The Balaban J connectivity index is 1.26. The lowest BCUT2D eigenvalue weighted by molar-refractivity contribution is 0.100. The maximum atomic E-state index is 13.0. The third kappa shape index (κ3) is 5.39. The quantitative estimate of drug-likeness (QED) is 0.271. The summed E-state index contributed by atoms with van der Waals surface area (Å²) in [5.41, 5.74) is 9.86. The van der Waals surface area contributed by atoms with Crippen LogP contribution in [0.25, 0.3) is 22.0 Å². The predicted molar refractivity (Wildman–Crippen MR) is 148 cm³/mol. The number of benzene rings is 3. The molecule has 198 valence electrons. The van der Waals surface area contributed by atoms with Crippen LogP contribution in [0.15, 0.2) is 72.9 Å². The van der Waals surface area contributed by atoms with Crippen LogP contribution in [0.3, 0.4) is 0 Å². The summed E-state index contributed by atoms with van der Waals surface area (Å²) < 4.78 is 33.0. The number of aromatic nitrogens is 1. The second-order valence-corrected chi connectivity index (χ2v) is 11.7. The fourth-order valence-corrected chi connectivity index (χ4v) is 6.67. The van der Waals surface area contributed by atoms with E-state index in [0.717, 1.165) is 22.1 Å². The lowest BCUT2D eigenvalue weighted by Gasteiger charge is -2.31. The van der Waals surface area contributed by atoms with Crippen LogP contribution in [0.1, 0.15) is 41.1 Å². The molecule has 9 heteroatoms. The van der Waals surface area contributed by atoms with Crippen LogP contribution in [0, 0.1) is 0 Å². The molecule has 1 saturated heterocycles. The van der Waals surface area contributed by atoms with Crippen LogP contribution in [0.5, 0.6) is 11.5 Å². The van der Waals surface area contributed by atoms with E-state index in [1.165, 1.54) is 6.07 Å². The third-order valence-corrected chi connectivity index (χ3v) is 9.11. The summed E-state index contributed by atoms with van der Waals surface area (Å²) in [5.74, 6) is 0.0357. The second-order valence-electron chi connectivity index (χ2n) is 9.58. The second kappa shape index (κ2) is 10.9. The van der Waals surface area contributed by atoms with E-state index in [2.05, 4.69) is 11.1 Å². The van der Waals surface area contributed by atoms with Crippen molar-refractivity contribution >= 4 is 26.8 Å². The van der Waals surface area contributed by atoms with E-state index in [0.29, 0.717) is 49.2 Å². The number of nitrogens with two attached hydrogens (primary N) is 1. The molecule has 1 aromatic heterocycles. The first-order chi connectivity index (χ1) is 18.3. The molecule has 0 atom stereocenters. The van der Waals surface area contributed by atoms with Crippen molar-refractivity contribution in [2.24, 2.45) is 5.73 Å². The van der Waals surface area contributed by atoms with Crippen molar-refractivity contribution in [1.82, 2.24) is 9.29 Å². The fourth-order valence-electron chi connectivity index (χ4n) is 5.16. The third-order valence-electron chi connectivity index (χ3n) is 7.15. The van der Waals surface area contributed by atoms with Crippen LogP contribution in [-0.4, -0.2) is 54.2 Å². The van der Waals surface area contributed by atoms with Crippen molar-refractivity contribution in [1.29, 1.82) is 0 Å². The largest absolute Gasteiger partial charge is 0.504 e. The topological polar surface area (TPSA) is 126 Å². The van der Waals surface area contributed by atoms with Crippen molar-refractivity contribution in [3.63, 3.8) is 0 Å². The zero-order valence-electron chi connectivity index (χ0n) is 21.0. The Kier molecular flexibility index (Phi) is 7.40. The van der Waals surface area contributed by atoms with Gasteiger partial charge in [-0.3, -0.25) is 4.79 Å². The standard InChI is InChI=1S/C29H31N3O5S/c30-29(34)24-18-22(20-7-2-1-3-8-20)17-23-25(19-31-28(23)24)21-11-13-32(14-12-21)38(35,36)16-6-15-37-27-10-5-4-9-26(27)33/h1-5,7-10,17-19,21,31,33H,6,11-16H2,(H2,30,34). The van der Waals surface area contributed by atoms with Gasteiger partial charge in [-0.15, -0.1) is 0 Å². The molecule has 4 N–H and O–H groups in total. The first-order valence-corrected chi connectivity index (χ1v) is 14.3. The van der Waals surface area contributed by atoms with Crippen molar-refractivity contribution in [2.75, 3.05) is 25.4 Å². The van der Waals surface area contributed by atoms with Gasteiger partial charge in [0.25, 0.3) is 5.91 Å². The Morgan fingerprint density at radius 2 is 1.74 bits per heavy atom. The maximum absolute atomic E-state index is 13.0. The highest BCUT2D eigenvalue weighted by atomic mass is 32.2. The average molecular weight is 534 g/mol. The predicted octanol–water partition coefficient (Wildman–Crippen LogP) is 4.62. The molecule has 2 heterocycles. The summed E-state index contributed by atoms with van der Waals surface area (Å²) >= 11 is 0. The molecule has 1 amide bonds. The number of piperidine rings is 1. The molecular formula is C29H31N3O5S. The minimum Gasteiger partial charge on any atom is -0.504 e. The first-order valence-electron chi connectivity index (χ1n) is 12.7. The summed E-state index contributed by atoms with van der Waals surface area (Å²) in [6, 6.07) is 20.4. The van der Waals surface area contributed by atoms with Gasteiger partial charge in [-0.25, -0.2) is 12.7 Å². The molecule has 0 bridgehead atoms. The molecule has 4 aromatic rings. The molecule has 0 radical (unpaired) electrons. The van der Waals surface area contributed by atoms with Crippen LogP contribution < -0.4 is 10.5 Å². The van der Waals surface area contributed by atoms with Gasteiger partial charge in [0.05, 0.1) is 23.4 Å². The number of rotatable bonds is 9. The number of hydrogen-bond acceptors (Lipinski definition) is 5.